The van der Waals surface area contributed by atoms with E-state index in [0.717, 1.165) is 12.8 Å². The Kier molecular flexibility index (Phi) is 3.90. The second-order valence-electron chi connectivity index (χ2n) is 5.50. The van der Waals surface area contributed by atoms with Crippen LogP contribution >= 0.6 is 11.6 Å². The van der Waals surface area contributed by atoms with Gasteiger partial charge in [-0.25, -0.2) is 0 Å². The first kappa shape index (κ1) is 13.3. The number of rotatable bonds is 3. The van der Waals surface area contributed by atoms with Gasteiger partial charge in [0, 0.05) is 6.04 Å². The minimum Gasteiger partial charge on any atom is -0.467 e. The molecule has 0 spiro atoms. The van der Waals surface area contributed by atoms with Crippen LogP contribution in [0.1, 0.15) is 39.5 Å². The zero-order chi connectivity index (χ0) is 13.2. The number of nitrogens with zero attached hydrogens (tertiary/aromatic N) is 3. The third-order valence-corrected chi connectivity index (χ3v) is 3.61. The van der Waals surface area contributed by atoms with E-state index in [1.807, 2.05) is 0 Å². The summed E-state index contributed by atoms with van der Waals surface area (Å²) >= 11 is 5.81. The fourth-order valence-electron chi connectivity index (χ4n) is 2.21. The Labute approximate surface area is 112 Å². The van der Waals surface area contributed by atoms with Crippen LogP contribution < -0.4 is 10.1 Å². The van der Waals surface area contributed by atoms with E-state index in [2.05, 4.69) is 34.1 Å². The molecule has 0 saturated heterocycles. The van der Waals surface area contributed by atoms with Gasteiger partial charge < -0.3 is 10.1 Å². The monoisotopic (exact) mass is 270 g/mol. The highest BCUT2D eigenvalue weighted by atomic mass is 35.5. The Morgan fingerprint density at radius 3 is 2.50 bits per heavy atom. The van der Waals surface area contributed by atoms with Crippen molar-refractivity contribution in [2.75, 3.05) is 12.4 Å². The molecule has 1 heterocycles. The number of anilines is 1. The molecule has 1 N–H and O–H groups in total. The smallest absolute Gasteiger partial charge is 0.322 e. The van der Waals surface area contributed by atoms with E-state index in [0.29, 0.717) is 17.4 Å². The molecular weight excluding hydrogens is 252 g/mol. The number of halogens is 1. The van der Waals surface area contributed by atoms with Crippen molar-refractivity contribution in [1.29, 1.82) is 0 Å². The van der Waals surface area contributed by atoms with E-state index in [1.165, 1.54) is 20.0 Å². The van der Waals surface area contributed by atoms with Crippen molar-refractivity contribution in [2.45, 2.75) is 45.6 Å². The van der Waals surface area contributed by atoms with Gasteiger partial charge in [-0.2, -0.15) is 15.0 Å². The van der Waals surface area contributed by atoms with Crippen LogP contribution in [0.4, 0.5) is 5.95 Å². The number of nitrogens with one attached hydrogen (secondary N) is 1. The molecule has 0 amide bonds. The highest BCUT2D eigenvalue weighted by Crippen LogP contribution is 2.35. The van der Waals surface area contributed by atoms with Crippen molar-refractivity contribution >= 4 is 17.5 Å². The SMILES string of the molecule is COc1nc(Cl)nc(NC2CCC(C)(C)CC2)n1. The Hall–Kier alpha value is -1.10. The molecule has 1 saturated carbocycles. The Bertz CT molecular complexity index is 415. The minimum absolute atomic E-state index is 0.153. The summed E-state index contributed by atoms with van der Waals surface area (Å²) in [6.07, 6.45) is 4.67. The van der Waals surface area contributed by atoms with Gasteiger partial charge in [0.15, 0.2) is 0 Å². The predicted octanol–water partition coefficient (Wildman–Crippen LogP) is 2.91. The minimum atomic E-state index is 0.153. The second kappa shape index (κ2) is 5.26. The molecule has 18 heavy (non-hydrogen) atoms. The summed E-state index contributed by atoms with van der Waals surface area (Å²) in [6.45, 7) is 4.62. The predicted molar refractivity (Wildman–Crippen MR) is 71.0 cm³/mol. The summed E-state index contributed by atoms with van der Waals surface area (Å²) in [5, 5.41) is 3.46. The van der Waals surface area contributed by atoms with Crippen LogP contribution in [0.3, 0.4) is 0 Å². The van der Waals surface area contributed by atoms with Gasteiger partial charge in [-0.05, 0) is 42.7 Å². The van der Waals surface area contributed by atoms with Crippen LogP contribution in [0.2, 0.25) is 5.28 Å². The van der Waals surface area contributed by atoms with Gasteiger partial charge in [-0.1, -0.05) is 13.8 Å². The van der Waals surface area contributed by atoms with Gasteiger partial charge in [0.2, 0.25) is 11.2 Å². The van der Waals surface area contributed by atoms with Gasteiger partial charge in [-0.15, -0.1) is 0 Å². The highest BCUT2D eigenvalue weighted by molar-refractivity contribution is 6.28. The van der Waals surface area contributed by atoms with Crippen LogP contribution in [0.15, 0.2) is 0 Å². The quantitative estimate of drug-likeness (QED) is 0.915. The maximum Gasteiger partial charge on any atom is 0.322 e. The lowest BCUT2D eigenvalue weighted by molar-refractivity contribution is 0.232. The lowest BCUT2D eigenvalue weighted by Gasteiger charge is -2.34. The molecule has 1 aromatic rings. The van der Waals surface area contributed by atoms with Gasteiger partial charge in [0.05, 0.1) is 7.11 Å². The van der Waals surface area contributed by atoms with E-state index < -0.39 is 0 Å². The number of hydrogen-bond donors (Lipinski definition) is 1. The lowest BCUT2D eigenvalue weighted by Crippen LogP contribution is -2.30. The van der Waals surface area contributed by atoms with Crippen LogP contribution in [0.5, 0.6) is 6.01 Å². The first-order chi connectivity index (χ1) is 8.48. The van der Waals surface area contributed by atoms with Crippen molar-refractivity contribution in [1.82, 2.24) is 15.0 Å². The summed E-state index contributed by atoms with van der Waals surface area (Å²) in [5.41, 5.74) is 0.451. The molecule has 0 bridgehead atoms. The lowest BCUT2D eigenvalue weighted by atomic mass is 9.76. The first-order valence-electron chi connectivity index (χ1n) is 6.21. The van der Waals surface area contributed by atoms with E-state index in [4.69, 9.17) is 16.3 Å². The van der Waals surface area contributed by atoms with Crippen LogP contribution in [0, 0.1) is 5.41 Å². The molecule has 5 nitrogen and oxygen atoms in total. The third-order valence-electron chi connectivity index (χ3n) is 3.44. The molecule has 0 aromatic carbocycles. The van der Waals surface area contributed by atoms with E-state index in [-0.39, 0.29) is 11.3 Å². The van der Waals surface area contributed by atoms with E-state index >= 15 is 0 Å². The van der Waals surface area contributed by atoms with Crippen LogP contribution in [0.25, 0.3) is 0 Å². The van der Waals surface area contributed by atoms with Crippen LogP contribution in [-0.2, 0) is 0 Å². The number of methoxy groups -OCH3 is 1. The summed E-state index contributed by atoms with van der Waals surface area (Å²) in [5.74, 6) is 0.497. The van der Waals surface area contributed by atoms with Gasteiger partial charge in [0.25, 0.3) is 0 Å². The number of hydrogen-bond acceptors (Lipinski definition) is 5. The first-order valence-corrected chi connectivity index (χ1v) is 6.58. The molecule has 0 radical (unpaired) electrons. The Balaban J connectivity index is 2.00. The average Bonchev–Trinajstić information content (AvgIpc) is 2.31. The Morgan fingerprint density at radius 1 is 1.22 bits per heavy atom. The summed E-state index contributed by atoms with van der Waals surface area (Å²) in [6, 6.07) is 0.648. The standard InChI is InChI=1S/C12H19ClN4O/c1-12(2)6-4-8(5-7-12)14-10-15-9(13)16-11(17-10)18-3/h8H,4-7H2,1-3H3,(H,14,15,16,17). The van der Waals surface area contributed by atoms with E-state index in [9.17, 15) is 0 Å². The fraction of sp³-hybridized carbons (Fsp3) is 0.750. The maximum absolute atomic E-state index is 5.81. The topological polar surface area (TPSA) is 59.9 Å². The zero-order valence-corrected chi connectivity index (χ0v) is 11.8. The summed E-state index contributed by atoms with van der Waals surface area (Å²) < 4.78 is 4.97. The summed E-state index contributed by atoms with van der Waals surface area (Å²) in [7, 11) is 1.51. The molecule has 0 atom stereocenters. The molecule has 1 fully saturated rings. The van der Waals surface area contributed by atoms with E-state index in [1.54, 1.807) is 0 Å². The van der Waals surface area contributed by atoms with Crippen molar-refractivity contribution in [2.24, 2.45) is 5.41 Å². The second-order valence-corrected chi connectivity index (χ2v) is 5.84. The van der Waals surface area contributed by atoms with Crippen LogP contribution in [-0.4, -0.2) is 28.1 Å². The van der Waals surface area contributed by atoms with Crippen molar-refractivity contribution in [3.05, 3.63) is 5.28 Å². The maximum atomic E-state index is 5.81. The van der Waals surface area contributed by atoms with Crippen molar-refractivity contribution in [3.63, 3.8) is 0 Å². The third kappa shape index (κ3) is 3.45. The Morgan fingerprint density at radius 2 is 1.89 bits per heavy atom. The van der Waals surface area contributed by atoms with Crippen molar-refractivity contribution < 1.29 is 4.74 Å². The average molecular weight is 271 g/mol. The molecule has 0 aliphatic heterocycles. The molecule has 2 rings (SSSR count). The molecule has 6 heteroatoms. The molecule has 1 aliphatic rings. The summed E-state index contributed by atoms with van der Waals surface area (Å²) in [4.78, 5) is 12.1. The normalized spacial score (nSPS) is 19.6. The molecule has 100 valence electrons. The molecule has 1 aromatic heterocycles. The molecular formula is C12H19ClN4O. The molecule has 0 unspecified atom stereocenters. The zero-order valence-electron chi connectivity index (χ0n) is 11.0. The fourth-order valence-corrected chi connectivity index (χ4v) is 2.37. The van der Waals surface area contributed by atoms with Crippen molar-refractivity contribution in [3.8, 4) is 6.01 Å². The van der Waals surface area contributed by atoms with Gasteiger partial charge in [-0.3, -0.25) is 0 Å². The highest BCUT2D eigenvalue weighted by Gasteiger charge is 2.27. The largest absolute Gasteiger partial charge is 0.467 e. The van der Waals surface area contributed by atoms with Gasteiger partial charge >= 0.3 is 6.01 Å². The molecule has 1 aliphatic carbocycles. The van der Waals surface area contributed by atoms with Gasteiger partial charge in [0.1, 0.15) is 0 Å². The number of aromatic nitrogens is 3. The number of ether oxygens (including phenoxy) is 1.